The Morgan fingerprint density at radius 1 is 0.943 bits per heavy atom. The number of carboxylic acid groups (broad SMARTS) is 1. The lowest BCUT2D eigenvalue weighted by atomic mass is 9.95. The predicted molar refractivity (Wildman–Crippen MR) is 129 cm³/mol. The molecule has 0 atom stereocenters. The first-order chi connectivity index (χ1) is 16.7. The van der Waals surface area contributed by atoms with Crippen molar-refractivity contribution >= 4 is 17.7 Å². The number of carbonyl (C=O) groups excluding carboxylic acids is 2. The van der Waals surface area contributed by atoms with Gasteiger partial charge in [-0.2, -0.15) is 0 Å². The lowest BCUT2D eigenvalue weighted by Crippen LogP contribution is -2.14. The van der Waals surface area contributed by atoms with Gasteiger partial charge in [0.05, 0.1) is 0 Å². The van der Waals surface area contributed by atoms with Crippen molar-refractivity contribution in [2.45, 2.75) is 78.6 Å². The first kappa shape index (κ1) is 26.1. The second-order valence-corrected chi connectivity index (χ2v) is 8.89. The molecule has 35 heavy (non-hydrogen) atoms. The fraction of sp³-hybridized carbons (Fsp3) is 0.444. The zero-order valence-electron chi connectivity index (χ0n) is 20.4. The maximum atomic E-state index is 13.2. The summed E-state index contributed by atoms with van der Waals surface area (Å²) in [5, 5.41) is 30.8. The molecule has 1 aliphatic heterocycles. The number of esters is 1. The number of benzene rings is 2. The number of aromatic carboxylic acids is 1. The average molecular weight is 485 g/mol. The van der Waals surface area contributed by atoms with Crippen LogP contribution in [0.25, 0.3) is 0 Å². The van der Waals surface area contributed by atoms with E-state index in [0.717, 1.165) is 32.1 Å². The van der Waals surface area contributed by atoms with Gasteiger partial charge in [0.2, 0.25) is 0 Å². The highest BCUT2D eigenvalue weighted by molar-refractivity contribution is 6.00. The van der Waals surface area contributed by atoms with Gasteiger partial charge in [0.15, 0.2) is 11.5 Å². The summed E-state index contributed by atoms with van der Waals surface area (Å²) >= 11 is 0. The SMILES string of the molecule is CCCCCC(=O)Cc1cc(O)cc2c1C(=O)Oc1c(C)c(O)c(C(=O)O)c(CCCCC)c1O2. The maximum Gasteiger partial charge on any atom is 0.347 e. The van der Waals surface area contributed by atoms with Crippen molar-refractivity contribution in [1.82, 2.24) is 0 Å². The van der Waals surface area contributed by atoms with Gasteiger partial charge in [-0.15, -0.1) is 0 Å². The Morgan fingerprint density at radius 2 is 1.63 bits per heavy atom. The van der Waals surface area contributed by atoms with Gasteiger partial charge in [0.25, 0.3) is 0 Å². The molecular formula is C27H32O8. The Balaban J connectivity index is 2.13. The molecule has 3 N–H and O–H groups in total. The summed E-state index contributed by atoms with van der Waals surface area (Å²) in [6.07, 6.45) is 5.52. The molecule has 8 heteroatoms. The smallest absolute Gasteiger partial charge is 0.347 e. The number of phenols is 2. The van der Waals surface area contributed by atoms with E-state index in [-0.39, 0.29) is 69.4 Å². The second kappa shape index (κ2) is 11.3. The van der Waals surface area contributed by atoms with Gasteiger partial charge < -0.3 is 24.8 Å². The molecule has 188 valence electrons. The zero-order chi connectivity index (χ0) is 25.7. The highest BCUT2D eigenvalue weighted by atomic mass is 16.6. The van der Waals surface area contributed by atoms with Crippen LogP contribution in [0, 0.1) is 6.92 Å². The number of phenolic OH excluding ortho intramolecular Hbond substituents is 1. The number of ether oxygens (including phenoxy) is 2. The third kappa shape index (κ3) is 5.58. The van der Waals surface area contributed by atoms with Crippen LogP contribution in [0.4, 0.5) is 0 Å². The number of Topliss-reactive ketones (excluding diaryl/α,β-unsaturated/α-hetero) is 1. The van der Waals surface area contributed by atoms with Gasteiger partial charge >= 0.3 is 11.9 Å². The third-order valence-corrected chi connectivity index (χ3v) is 6.19. The zero-order valence-corrected chi connectivity index (χ0v) is 20.4. The Bertz CT molecular complexity index is 1150. The van der Waals surface area contributed by atoms with Crippen LogP contribution in [0.5, 0.6) is 28.7 Å². The van der Waals surface area contributed by atoms with Crippen molar-refractivity contribution in [3.8, 4) is 28.7 Å². The highest BCUT2D eigenvalue weighted by Gasteiger charge is 2.34. The second-order valence-electron chi connectivity index (χ2n) is 8.89. The quantitative estimate of drug-likeness (QED) is 0.206. The molecule has 1 aliphatic rings. The number of ketones is 1. The molecule has 0 radical (unpaired) electrons. The van der Waals surface area contributed by atoms with Crippen molar-refractivity contribution in [3.63, 3.8) is 0 Å². The van der Waals surface area contributed by atoms with Crippen LogP contribution in [0.1, 0.15) is 96.2 Å². The summed E-state index contributed by atoms with van der Waals surface area (Å²) in [7, 11) is 0. The molecule has 0 unspecified atom stereocenters. The van der Waals surface area contributed by atoms with Crippen molar-refractivity contribution in [2.24, 2.45) is 0 Å². The Morgan fingerprint density at radius 3 is 2.29 bits per heavy atom. The molecule has 1 heterocycles. The van der Waals surface area contributed by atoms with Crippen molar-refractivity contribution in [2.75, 3.05) is 0 Å². The molecule has 0 amide bonds. The lowest BCUT2D eigenvalue weighted by molar-refractivity contribution is -0.118. The number of unbranched alkanes of at least 4 members (excludes halogenated alkanes) is 4. The van der Waals surface area contributed by atoms with Gasteiger partial charge in [-0.1, -0.05) is 39.5 Å². The van der Waals surface area contributed by atoms with Gasteiger partial charge in [0.1, 0.15) is 34.2 Å². The summed E-state index contributed by atoms with van der Waals surface area (Å²) < 4.78 is 11.7. The highest BCUT2D eigenvalue weighted by Crippen LogP contribution is 2.49. The standard InChI is InChI=1S/C27H32O8/c1-4-6-8-10-17(28)12-16-13-18(29)14-20-21(16)27(33)35-24-15(3)23(30)22(26(31)32)19(25(24)34-20)11-9-7-5-2/h13-14,29-30H,4-12H2,1-3H3,(H,31,32). The average Bonchev–Trinajstić information content (AvgIpc) is 2.93. The largest absolute Gasteiger partial charge is 0.508 e. The number of aromatic hydroxyl groups is 2. The third-order valence-electron chi connectivity index (χ3n) is 6.19. The molecule has 2 aromatic carbocycles. The summed E-state index contributed by atoms with van der Waals surface area (Å²) in [5.74, 6) is -2.97. The molecule has 0 fully saturated rings. The molecule has 0 spiro atoms. The van der Waals surface area contributed by atoms with Crippen LogP contribution in [0.3, 0.4) is 0 Å². The van der Waals surface area contributed by atoms with Crippen LogP contribution >= 0.6 is 0 Å². The molecule has 0 saturated heterocycles. The minimum absolute atomic E-state index is 0.00175. The molecular weight excluding hydrogens is 452 g/mol. The molecule has 2 aromatic rings. The van der Waals surface area contributed by atoms with E-state index in [1.54, 1.807) is 0 Å². The topological polar surface area (TPSA) is 130 Å². The Kier molecular flexibility index (Phi) is 8.38. The number of carbonyl (C=O) groups is 3. The van der Waals surface area contributed by atoms with Crippen molar-refractivity contribution < 1.29 is 39.2 Å². The minimum Gasteiger partial charge on any atom is -0.508 e. The minimum atomic E-state index is -1.33. The molecule has 0 aliphatic carbocycles. The van der Waals surface area contributed by atoms with E-state index in [4.69, 9.17) is 9.47 Å². The van der Waals surface area contributed by atoms with Crippen LogP contribution in [0.2, 0.25) is 0 Å². The summed E-state index contributed by atoms with van der Waals surface area (Å²) in [6.45, 7) is 5.49. The first-order valence-corrected chi connectivity index (χ1v) is 12.1. The van der Waals surface area contributed by atoms with Crippen molar-refractivity contribution in [3.05, 3.63) is 39.9 Å². The summed E-state index contributed by atoms with van der Waals surface area (Å²) in [6, 6.07) is 2.58. The fourth-order valence-electron chi connectivity index (χ4n) is 4.35. The Labute approximate surface area is 204 Å². The fourth-order valence-corrected chi connectivity index (χ4v) is 4.35. The monoisotopic (exact) mass is 484 g/mol. The van der Waals surface area contributed by atoms with E-state index in [2.05, 4.69) is 0 Å². The van der Waals surface area contributed by atoms with E-state index < -0.39 is 17.7 Å². The molecule has 0 aromatic heterocycles. The van der Waals surface area contributed by atoms with Gasteiger partial charge in [-0.05, 0) is 37.8 Å². The summed E-state index contributed by atoms with van der Waals surface area (Å²) in [5.41, 5.74) is 0.234. The first-order valence-electron chi connectivity index (χ1n) is 12.1. The van der Waals surface area contributed by atoms with Crippen LogP contribution < -0.4 is 9.47 Å². The number of hydrogen-bond donors (Lipinski definition) is 3. The number of carboxylic acids is 1. The number of rotatable bonds is 11. The number of hydrogen-bond acceptors (Lipinski definition) is 7. The van der Waals surface area contributed by atoms with E-state index in [9.17, 15) is 29.7 Å². The van der Waals surface area contributed by atoms with E-state index in [1.807, 2.05) is 13.8 Å². The van der Waals surface area contributed by atoms with E-state index in [1.165, 1.54) is 19.1 Å². The molecule has 3 rings (SSSR count). The summed E-state index contributed by atoms with van der Waals surface area (Å²) in [4.78, 5) is 37.8. The van der Waals surface area contributed by atoms with Crippen molar-refractivity contribution in [1.29, 1.82) is 0 Å². The van der Waals surface area contributed by atoms with E-state index >= 15 is 0 Å². The number of fused-ring (bicyclic) bond motifs is 2. The molecule has 8 nitrogen and oxygen atoms in total. The van der Waals surface area contributed by atoms with Crippen LogP contribution in [-0.4, -0.2) is 33.0 Å². The van der Waals surface area contributed by atoms with Gasteiger partial charge in [-0.3, -0.25) is 4.79 Å². The maximum absolute atomic E-state index is 13.2. The molecule has 0 saturated carbocycles. The molecule has 0 bridgehead atoms. The van der Waals surface area contributed by atoms with Gasteiger partial charge in [-0.25, -0.2) is 9.59 Å². The lowest BCUT2D eigenvalue weighted by Gasteiger charge is -2.18. The predicted octanol–water partition coefficient (Wildman–Crippen LogP) is 5.85. The van der Waals surface area contributed by atoms with Crippen LogP contribution in [-0.2, 0) is 17.6 Å². The van der Waals surface area contributed by atoms with Crippen LogP contribution in [0.15, 0.2) is 12.1 Å². The van der Waals surface area contributed by atoms with Gasteiger partial charge in [0, 0.05) is 30.0 Å². The van der Waals surface area contributed by atoms with E-state index in [0.29, 0.717) is 12.8 Å². The Hall–Kier alpha value is -3.55. The normalized spacial score (nSPS) is 12.3.